The lowest BCUT2D eigenvalue weighted by molar-refractivity contribution is 0.464. The Bertz CT molecular complexity index is 714. The van der Waals surface area contributed by atoms with Gasteiger partial charge in [0, 0.05) is 6.42 Å². The van der Waals surface area contributed by atoms with Crippen LogP contribution in [0.3, 0.4) is 0 Å². The minimum atomic E-state index is -0.546. The Kier molecular flexibility index (Phi) is 3.44. The van der Waals surface area contributed by atoms with Gasteiger partial charge in [-0.1, -0.05) is 18.7 Å². The van der Waals surface area contributed by atoms with Gasteiger partial charge in [-0.05, 0) is 22.0 Å². The molecule has 20 heavy (non-hydrogen) atoms. The number of nitriles is 1. The van der Waals surface area contributed by atoms with Crippen molar-refractivity contribution in [3.8, 4) is 6.07 Å². The predicted octanol–water partition coefficient (Wildman–Crippen LogP) is 3.68. The highest BCUT2D eigenvalue weighted by atomic mass is 79.9. The Morgan fingerprint density at radius 1 is 1.65 bits per heavy atom. The Labute approximate surface area is 128 Å². The number of fused-ring (bicyclic) bond motifs is 1. The summed E-state index contributed by atoms with van der Waals surface area (Å²) in [7, 11) is 0. The second kappa shape index (κ2) is 5.11. The quantitative estimate of drug-likeness (QED) is 0.864. The molecular weight excluding hydrogens is 340 g/mol. The second-order valence-electron chi connectivity index (χ2n) is 4.47. The third-order valence-corrected chi connectivity index (χ3v) is 4.64. The molecule has 0 bridgehead atoms. The highest BCUT2D eigenvalue weighted by Gasteiger charge is 2.39. The van der Waals surface area contributed by atoms with E-state index < -0.39 is 5.92 Å². The number of furan rings is 1. The molecule has 0 aliphatic carbocycles. The van der Waals surface area contributed by atoms with Crippen LogP contribution in [0.25, 0.3) is 0 Å². The van der Waals surface area contributed by atoms with E-state index in [9.17, 15) is 5.26 Å². The largest absolute Gasteiger partial charge is 0.467 e. The van der Waals surface area contributed by atoms with E-state index in [0.29, 0.717) is 10.8 Å². The topological polar surface area (TPSA) is 89.5 Å². The Morgan fingerprint density at radius 2 is 2.45 bits per heavy atom. The first kappa shape index (κ1) is 13.5. The van der Waals surface area contributed by atoms with Crippen molar-refractivity contribution in [3.63, 3.8) is 0 Å². The molecule has 0 fully saturated rings. The molecule has 3 rings (SSSR count). The summed E-state index contributed by atoms with van der Waals surface area (Å²) in [4.78, 5) is 7.75. The van der Waals surface area contributed by atoms with Crippen LogP contribution in [-0.2, 0) is 6.42 Å². The number of thioether (sulfide) groups is 1. The van der Waals surface area contributed by atoms with Gasteiger partial charge in [0.2, 0.25) is 0 Å². The number of aryl methyl sites for hydroxylation is 1. The molecule has 2 aromatic rings. The van der Waals surface area contributed by atoms with Crippen molar-refractivity contribution in [1.29, 1.82) is 10.7 Å². The van der Waals surface area contributed by atoms with Crippen molar-refractivity contribution >= 4 is 32.7 Å². The van der Waals surface area contributed by atoms with E-state index in [2.05, 4.69) is 32.0 Å². The van der Waals surface area contributed by atoms with Gasteiger partial charge >= 0.3 is 0 Å². The smallest absolute Gasteiger partial charge is 0.124 e. The number of nitrogens with one attached hydrogen (secondary N) is 2. The van der Waals surface area contributed by atoms with E-state index in [1.54, 1.807) is 6.26 Å². The van der Waals surface area contributed by atoms with Crippen LogP contribution < -0.4 is 0 Å². The van der Waals surface area contributed by atoms with Gasteiger partial charge in [0.1, 0.15) is 28.8 Å². The fourth-order valence-electron chi connectivity index (χ4n) is 2.29. The van der Waals surface area contributed by atoms with Gasteiger partial charge in [0.05, 0.1) is 27.2 Å². The number of halogens is 1. The van der Waals surface area contributed by atoms with E-state index in [1.165, 1.54) is 11.8 Å². The number of rotatable bonds is 2. The van der Waals surface area contributed by atoms with Gasteiger partial charge in [-0.25, -0.2) is 4.98 Å². The van der Waals surface area contributed by atoms with Crippen LogP contribution in [0.5, 0.6) is 0 Å². The molecule has 0 unspecified atom stereocenters. The molecule has 0 radical (unpaired) electrons. The SMILES string of the molecule is CCc1nc2c([nH]1)[C@@H](c1cc(Br)co1)[C@H](C#N)C(=N)S2. The average Bonchev–Trinajstić information content (AvgIpc) is 3.02. The molecule has 0 saturated carbocycles. The zero-order chi connectivity index (χ0) is 14.3. The summed E-state index contributed by atoms with van der Waals surface area (Å²) < 4.78 is 6.36. The molecule has 0 amide bonds. The third-order valence-electron chi connectivity index (χ3n) is 3.25. The van der Waals surface area contributed by atoms with Crippen LogP contribution in [0.15, 0.2) is 26.2 Å². The maximum absolute atomic E-state index is 9.40. The standard InChI is InChI=1S/C13H11BrN4OS/c1-2-9-17-11-10(8-3-6(14)5-19-8)7(4-15)12(16)20-13(11)18-9/h3,5,7,10,16H,2H2,1H3,(H,17,18)/t7-,10+/m0/s1. The monoisotopic (exact) mass is 350 g/mol. The first-order valence-corrected chi connectivity index (χ1v) is 7.73. The number of aromatic nitrogens is 2. The Hall–Kier alpha value is -1.52. The van der Waals surface area contributed by atoms with E-state index in [4.69, 9.17) is 9.83 Å². The molecule has 2 aromatic heterocycles. The van der Waals surface area contributed by atoms with Gasteiger partial charge in [-0.2, -0.15) is 5.26 Å². The molecular formula is C13H11BrN4OS. The van der Waals surface area contributed by atoms with Gasteiger partial charge in [-0.3, -0.25) is 5.41 Å². The van der Waals surface area contributed by atoms with Crippen molar-refractivity contribution in [2.75, 3.05) is 0 Å². The van der Waals surface area contributed by atoms with E-state index in [-0.39, 0.29) is 5.92 Å². The van der Waals surface area contributed by atoms with Crippen LogP contribution in [0.4, 0.5) is 0 Å². The third kappa shape index (κ3) is 2.09. The molecule has 3 heterocycles. The van der Waals surface area contributed by atoms with Crippen LogP contribution >= 0.6 is 27.7 Å². The van der Waals surface area contributed by atoms with Gasteiger partial charge < -0.3 is 9.40 Å². The maximum Gasteiger partial charge on any atom is 0.124 e. The van der Waals surface area contributed by atoms with Gasteiger partial charge in [0.15, 0.2) is 0 Å². The Balaban J connectivity index is 2.15. The zero-order valence-electron chi connectivity index (χ0n) is 10.6. The average molecular weight is 351 g/mol. The lowest BCUT2D eigenvalue weighted by Gasteiger charge is -2.24. The molecule has 1 aliphatic rings. The summed E-state index contributed by atoms with van der Waals surface area (Å²) in [5.41, 5.74) is 0.872. The predicted molar refractivity (Wildman–Crippen MR) is 78.9 cm³/mol. The number of hydrogen-bond acceptors (Lipinski definition) is 5. The van der Waals surface area contributed by atoms with Crippen molar-refractivity contribution < 1.29 is 4.42 Å². The Morgan fingerprint density at radius 3 is 3.05 bits per heavy atom. The molecule has 5 nitrogen and oxygen atoms in total. The minimum absolute atomic E-state index is 0.303. The van der Waals surface area contributed by atoms with E-state index in [0.717, 1.165) is 27.4 Å². The summed E-state index contributed by atoms with van der Waals surface area (Å²) in [5.74, 6) is 0.684. The van der Waals surface area contributed by atoms with Crippen molar-refractivity contribution in [2.24, 2.45) is 5.92 Å². The highest BCUT2D eigenvalue weighted by Crippen LogP contribution is 2.45. The van der Waals surface area contributed by atoms with E-state index in [1.807, 2.05) is 13.0 Å². The number of imidazole rings is 1. The highest BCUT2D eigenvalue weighted by molar-refractivity contribution is 9.10. The molecule has 2 atom stereocenters. The van der Waals surface area contributed by atoms with Crippen molar-refractivity contribution in [3.05, 3.63) is 34.1 Å². The molecule has 2 N–H and O–H groups in total. The molecule has 7 heteroatoms. The molecule has 1 aliphatic heterocycles. The minimum Gasteiger partial charge on any atom is -0.467 e. The van der Waals surface area contributed by atoms with Crippen LogP contribution in [0.1, 0.15) is 30.1 Å². The fourth-order valence-corrected chi connectivity index (χ4v) is 3.58. The van der Waals surface area contributed by atoms with Crippen molar-refractivity contribution in [1.82, 2.24) is 9.97 Å². The summed E-state index contributed by atoms with van der Waals surface area (Å²) in [6, 6.07) is 4.05. The van der Waals surface area contributed by atoms with Crippen LogP contribution in [-0.4, -0.2) is 15.0 Å². The maximum atomic E-state index is 9.40. The zero-order valence-corrected chi connectivity index (χ0v) is 13.0. The fraction of sp³-hybridized carbons (Fsp3) is 0.308. The van der Waals surface area contributed by atoms with Crippen LogP contribution in [0.2, 0.25) is 0 Å². The van der Waals surface area contributed by atoms with Crippen molar-refractivity contribution in [2.45, 2.75) is 24.3 Å². The number of nitrogens with zero attached hydrogens (tertiary/aromatic N) is 2. The number of H-pyrrole nitrogens is 1. The lowest BCUT2D eigenvalue weighted by atomic mass is 9.89. The van der Waals surface area contributed by atoms with Gasteiger partial charge in [-0.15, -0.1) is 0 Å². The molecule has 0 saturated heterocycles. The normalized spacial score (nSPS) is 21.6. The molecule has 0 spiro atoms. The van der Waals surface area contributed by atoms with Gasteiger partial charge in [0.25, 0.3) is 0 Å². The lowest BCUT2D eigenvalue weighted by Crippen LogP contribution is -2.23. The summed E-state index contributed by atoms with van der Waals surface area (Å²) in [6.07, 6.45) is 2.37. The number of hydrogen-bond donors (Lipinski definition) is 2. The van der Waals surface area contributed by atoms with Crippen LogP contribution in [0, 0.1) is 22.7 Å². The summed E-state index contributed by atoms with van der Waals surface area (Å²) in [5, 5.41) is 18.5. The first-order valence-electron chi connectivity index (χ1n) is 6.12. The summed E-state index contributed by atoms with van der Waals surface area (Å²) >= 11 is 4.60. The molecule has 102 valence electrons. The second-order valence-corrected chi connectivity index (χ2v) is 6.42. The molecule has 0 aromatic carbocycles. The van der Waals surface area contributed by atoms with E-state index >= 15 is 0 Å². The first-order chi connectivity index (χ1) is 9.63. The summed E-state index contributed by atoms with van der Waals surface area (Å²) in [6.45, 7) is 2.01. The number of aromatic amines is 1.